The maximum Gasteiger partial charge on any atom is 0.305 e. The Morgan fingerprint density at radius 2 is 1.36 bits per heavy atom. The molecule has 0 amide bonds. The zero-order valence-corrected chi connectivity index (χ0v) is 14.4. The molecule has 0 saturated heterocycles. The second kappa shape index (κ2) is 11.0. The van der Waals surface area contributed by atoms with E-state index in [9.17, 15) is 4.79 Å². The number of aliphatic hydroxyl groups is 3. The zero-order chi connectivity index (χ0) is 17.1. The molecule has 5 heteroatoms. The number of carbonyl (C=O) groups excluding carboxylic acids is 1. The van der Waals surface area contributed by atoms with Gasteiger partial charge in [0.1, 0.15) is 6.61 Å². The van der Waals surface area contributed by atoms with Crippen LogP contribution in [0.2, 0.25) is 0 Å². The van der Waals surface area contributed by atoms with Gasteiger partial charge in [0.05, 0.1) is 25.2 Å². The molecule has 0 rings (SSSR count). The summed E-state index contributed by atoms with van der Waals surface area (Å²) in [6.07, 6.45) is 6.73. The third-order valence-electron chi connectivity index (χ3n) is 5.13. The van der Waals surface area contributed by atoms with Crippen molar-refractivity contribution in [2.45, 2.75) is 65.7 Å². The van der Waals surface area contributed by atoms with Crippen LogP contribution in [-0.4, -0.2) is 47.7 Å². The molecule has 132 valence electrons. The summed E-state index contributed by atoms with van der Waals surface area (Å²) < 4.78 is 5.07. The second-order valence-corrected chi connectivity index (χ2v) is 6.40. The first-order valence-electron chi connectivity index (χ1n) is 8.45. The fraction of sp³-hybridized carbons (Fsp3) is 0.941. The molecule has 5 nitrogen and oxygen atoms in total. The maximum absolute atomic E-state index is 11.7. The second-order valence-electron chi connectivity index (χ2n) is 6.40. The Morgan fingerprint density at radius 3 is 1.77 bits per heavy atom. The van der Waals surface area contributed by atoms with E-state index >= 15 is 0 Å². The van der Waals surface area contributed by atoms with E-state index in [4.69, 9.17) is 20.1 Å². The summed E-state index contributed by atoms with van der Waals surface area (Å²) in [5.74, 6) is -0.338. The fourth-order valence-electron chi connectivity index (χ4n) is 2.64. The lowest BCUT2D eigenvalue weighted by molar-refractivity contribution is -0.151. The van der Waals surface area contributed by atoms with Gasteiger partial charge in [-0.05, 0) is 18.3 Å². The number of ether oxygens (including phenoxy) is 1. The minimum atomic E-state index is -1.14. The van der Waals surface area contributed by atoms with E-state index in [-0.39, 0.29) is 12.6 Å². The summed E-state index contributed by atoms with van der Waals surface area (Å²) in [5.41, 5.74) is -0.749. The highest BCUT2D eigenvalue weighted by Crippen LogP contribution is 2.36. The third-order valence-corrected chi connectivity index (χ3v) is 5.13. The Balaban J connectivity index is 4.05. The summed E-state index contributed by atoms with van der Waals surface area (Å²) in [7, 11) is 0. The molecule has 0 aromatic rings. The number of unbranched alkanes of at least 4 members (excludes halogenated alkanes) is 1. The summed E-state index contributed by atoms with van der Waals surface area (Å²) in [4.78, 5) is 11.7. The van der Waals surface area contributed by atoms with Gasteiger partial charge in [-0.25, -0.2) is 0 Å². The molecule has 0 unspecified atom stereocenters. The normalized spacial score (nSPS) is 12.5. The largest absolute Gasteiger partial charge is 0.465 e. The highest BCUT2D eigenvalue weighted by molar-refractivity contribution is 5.69. The minimum Gasteiger partial charge on any atom is -0.465 e. The third kappa shape index (κ3) is 6.63. The van der Waals surface area contributed by atoms with E-state index in [0.29, 0.717) is 11.8 Å². The first-order valence-corrected chi connectivity index (χ1v) is 8.45. The lowest BCUT2D eigenvalue weighted by Gasteiger charge is -2.30. The molecule has 0 heterocycles. The van der Waals surface area contributed by atoms with Gasteiger partial charge < -0.3 is 20.1 Å². The van der Waals surface area contributed by atoms with Crippen LogP contribution in [0.5, 0.6) is 0 Å². The van der Waals surface area contributed by atoms with Gasteiger partial charge in [-0.2, -0.15) is 0 Å². The molecule has 0 spiro atoms. The van der Waals surface area contributed by atoms with Crippen molar-refractivity contribution in [3.05, 3.63) is 0 Å². The van der Waals surface area contributed by atoms with Gasteiger partial charge in [-0.15, -0.1) is 0 Å². The lowest BCUT2D eigenvalue weighted by Crippen LogP contribution is -2.39. The van der Waals surface area contributed by atoms with Crippen molar-refractivity contribution in [3.8, 4) is 0 Å². The molecule has 0 aliphatic rings. The number of hydrogen-bond donors (Lipinski definition) is 3. The van der Waals surface area contributed by atoms with Gasteiger partial charge in [0.2, 0.25) is 0 Å². The van der Waals surface area contributed by atoms with Crippen molar-refractivity contribution in [1.82, 2.24) is 0 Å². The number of rotatable bonds is 13. The molecule has 0 aliphatic carbocycles. The van der Waals surface area contributed by atoms with E-state index in [2.05, 4.69) is 20.8 Å². The predicted molar refractivity (Wildman–Crippen MR) is 86.4 cm³/mol. The van der Waals surface area contributed by atoms with Crippen LogP contribution in [0.15, 0.2) is 0 Å². The molecule has 3 N–H and O–H groups in total. The Labute approximate surface area is 134 Å². The summed E-state index contributed by atoms with van der Waals surface area (Å²) in [5, 5.41) is 27.5. The molecule has 0 aromatic heterocycles. The summed E-state index contributed by atoms with van der Waals surface area (Å²) in [6, 6.07) is 0. The van der Waals surface area contributed by atoms with Crippen LogP contribution in [0.4, 0.5) is 0 Å². The number of carbonyl (C=O) groups is 1. The summed E-state index contributed by atoms with van der Waals surface area (Å²) in [6.45, 7) is 5.26. The van der Waals surface area contributed by atoms with Gasteiger partial charge in [-0.3, -0.25) is 4.79 Å². The Kier molecular flexibility index (Phi) is 10.6. The minimum absolute atomic E-state index is 0.155. The van der Waals surface area contributed by atoms with Gasteiger partial charge in [-0.1, -0.05) is 46.5 Å². The van der Waals surface area contributed by atoms with Crippen LogP contribution in [0.25, 0.3) is 0 Å². The van der Waals surface area contributed by atoms with Crippen LogP contribution in [0.1, 0.15) is 65.7 Å². The molecular formula is C17H34O5. The van der Waals surface area contributed by atoms with Gasteiger partial charge in [0, 0.05) is 6.42 Å². The molecular weight excluding hydrogens is 284 g/mol. The first-order chi connectivity index (χ1) is 10.5. The molecule has 22 heavy (non-hydrogen) atoms. The van der Waals surface area contributed by atoms with Crippen LogP contribution >= 0.6 is 0 Å². The van der Waals surface area contributed by atoms with Crippen molar-refractivity contribution in [2.24, 2.45) is 10.8 Å². The average molecular weight is 318 g/mol. The van der Waals surface area contributed by atoms with Crippen LogP contribution in [0.3, 0.4) is 0 Å². The Morgan fingerprint density at radius 1 is 0.864 bits per heavy atom. The molecule has 0 bridgehead atoms. The highest BCUT2D eigenvalue weighted by atomic mass is 16.5. The van der Waals surface area contributed by atoms with Crippen molar-refractivity contribution in [3.63, 3.8) is 0 Å². The predicted octanol–water partition coefficient (Wildman–Crippen LogP) is 2.27. The number of hydrogen-bond acceptors (Lipinski definition) is 5. The monoisotopic (exact) mass is 318 g/mol. The van der Waals surface area contributed by atoms with Crippen LogP contribution in [-0.2, 0) is 9.53 Å². The van der Waals surface area contributed by atoms with E-state index in [0.717, 1.165) is 38.5 Å². The molecule has 0 aliphatic heterocycles. The average Bonchev–Trinajstić information content (AvgIpc) is 2.57. The van der Waals surface area contributed by atoms with Crippen molar-refractivity contribution in [2.75, 3.05) is 26.4 Å². The quantitative estimate of drug-likeness (QED) is 0.358. The molecule has 0 aromatic carbocycles. The van der Waals surface area contributed by atoms with E-state index in [1.165, 1.54) is 0 Å². The van der Waals surface area contributed by atoms with E-state index in [1.807, 2.05) is 0 Å². The molecule has 0 saturated carbocycles. The number of esters is 1. The highest BCUT2D eigenvalue weighted by Gasteiger charge is 2.30. The van der Waals surface area contributed by atoms with E-state index < -0.39 is 25.2 Å². The van der Waals surface area contributed by atoms with Crippen LogP contribution < -0.4 is 0 Å². The van der Waals surface area contributed by atoms with Crippen molar-refractivity contribution >= 4 is 5.97 Å². The molecule has 0 fully saturated rings. The first kappa shape index (κ1) is 21.4. The Bertz CT molecular complexity index is 279. The van der Waals surface area contributed by atoms with Crippen LogP contribution in [0, 0.1) is 10.8 Å². The number of aliphatic hydroxyl groups excluding tert-OH is 3. The SMILES string of the molecule is CCC(CC)(CC)CCCCC(=O)OCC(CO)(CO)CO. The van der Waals surface area contributed by atoms with E-state index in [1.54, 1.807) is 0 Å². The topological polar surface area (TPSA) is 87.0 Å². The zero-order valence-electron chi connectivity index (χ0n) is 14.4. The van der Waals surface area contributed by atoms with Gasteiger partial charge in [0.25, 0.3) is 0 Å². The fourth-order valence-corrected chi connectivity index (χ4v) is 2.64. The lowest BCUT2D eigenvalue weighted by atomic mass is 9.76. The van der Waals surface area contributed by atoms with Crippen molar-refractivity contribution < 1.29 is 24.9 Å². The standard InChI is InChI=1S/C17H34O5/c1-4-16(5-2,6-3)10-8-7-9-15(21)22-14-17(11-18,12-19)13-20/h18-20H,4-14H2,1-3H3. The van der Waals surface area contributed by atoms with Gasteiger partial charge in [0.15, 0.2) is 0 Å². The Hall–Kier alpha value is -0.650. The smallest absolute Gasteiger partial charge is 0.305 e. The summed E-state index contributed by atoms with van der Waals surface area (Å²) >= 11 is 0. The van der Waals surface area contributed by atoms with Crippen molar-refractivity contribution in [1.29, 1.82) is 0 Å². The van der Waals surface area contributed by atoms with Gasteiger partial charge >= 0.3 is 5.97 Å². The molecule has 0 atom stereocenters. The maximum atomic E-state index is 11.7. The molecule has 0 radical (unpaired) electrons.